The Balaban J connectivity index is 0. The van der Waals surface area contributed by atoms with Gasteiger partial charge in [-0.25, -0.2) is 0 Å². The van der Waals surface area contributed by atoms with Crippen molar-refractivity contribution in [3.05, 3.63) is 0 Å². The van der Waals surface area contributed by atoms with Crippen LogP contribution >= 0.6 is 0 Å². The number of carbonyl (C=O) groups excluding carboxylic acids is 1. The summed E-state index contributed by atoms with van der Waals surface area (Å²) in [5.74, 6) is -0.903. The Hall–Kier alpha value is 0.430. The van der Waals surface area contributed by atoms with E-state index >= 15 is 0 Å². The normalized spacial score (nSPS) is 11.0. The first-order valence-electron chi connectivity index (χ1n) is 12.6. The number of hydrogen-bond acceptors (Lipinski definition) is 3. The van der Waals surface area contributed by atoms with E-state index in [0.29, 0.717) is 0 Å². The molecule has 0 aliphatic rings. The van der Waals surface area contributed by atoms with Crippen LogP contribution in [0.5, 0.6) is 0 Å². The molecule has 3 nitrogen and oxygen atoms in total. The number of nitrogens with zero attached hydrogens (tertiary/aromatic N) is 1. The molecule has 4 heteroatoms. The second kappa shape index (κ2) is 26.5. The van der Waals surface area contributed by atoms with Crippen molar-refractivity contribution in [2.24, 2.45) is 0 Å². The van der Waals surface area contributed by atoms with Gasteiger partial charge in [0.25, 0.3) is 0 Å². The molecule has 0 unspecified atom stereocenters. The minimum Gasteiger partial charge on any atom is -0.550 e. The first kappa shape index (κ1) is 31.6. The smallest absolute Gasteiger partial charge is 0.550 e. The van der Waals surface area contributed by atoms with Crippen LogP contribution in [0.25, 0.3) is 0 Å². The van der Waals surface area contributed by atoms with E-state index in [-0.39, 0.29) is 36.0 Å². The molecule has 0 spiro atoms. The van der Waals surface area contributed by atoms with Gasteiger partial charge < -0.3 is 14.8 Å². The van der Waals surface area contributed by atoms with Crippen molar-refractivity contribution in [1.29, 1.82) is 0 Å². The average Bonchev–Trinajstić information content (AvgIpc) is 2.68. The number of aliphatic carboxylic acids is 1. The summed E-state index contributed by atoms with van der Waals surface area (Å²) in [5.41, 5.74) is 0. The first-order chi connectivity index (χ1) is 13.7. The quantitative estimate of drug-likeness (QED) is 0.188. The summed E-state index contributed by atoms with van der Waals surface area (Å²) in [7, 11) is 0. The van der Waals surface area contributed by atoms with E-state index in [1.807, 2.05) is 0 Å². The predicted octanol–water partition coefficient (Wildman–Crippen LogP) is 3.49. The topological polar surface area (TPSA) is 43.4 Å². The van der Waals surface area contributed by atoms with Gasteiger partial charge in [-0.05, 0) is 51.7 Å². The van der Waals surface area contributed by atoms with Crippen molar-refractivity contribution in [2.75, 3.05) is 19.6 Å². The first-order valence-corrected chi connectivity index (χ1v) is 12.6. The molecule has 0 aliphatic carbocycles. The molecule has 0 N–H and O–H groups in total. The molecule has 0 heterocycles. The van der Waals surface area contributed by atoms with Gasteiger partial charge in [0.1, 0.15) is 0 Å². The van der Waals surface area contributed by atoms with Gasteiger partial charge in [-0.15, -0.1) is 0 Å². The molecule has 0 atom stereocenters. The molecule has 0 rings (SSSR count). The molecule has 29 heavy (non-hydrogen) atoms. The second-order valence-corrected chi connectivity index (χ2v) is 8.62. The van der Waals surface area contributed by atoms with Gasteiger partial charge in [0.05, 0.1) is 0 Å². The van der Waals surface area contributed by atoms with Crippen molar-refractivity contribution in [3.8, 4) is 0 Å². The molecular formula is C25H50NNaO2. The number of unbranched alkanes of at least 4 members (excludes halogenated alkanes) is 15. The Morgan fingerprint density at radius 2 is 0.862 bits per heavy atom. The number of carboxylic acids is 1. The summed E-state index contributed by atoms with van der Waals surface area (Å²) in [6.45, 7) is 8.25. The summed E-state index contributed by atoms with van der Waals surface area (Å²) < 4.78 is 0. The largest absolute Gasteiger partial charge is 1.00 e. The van der Waals surface area contributed by atoms with Crippen LogP contribution in [0.2, 0.25) is 0 Å². The standard InChI is InChI=1S/C25H51NO2.Na/c1-3-5-7-9-11-14-18-22-26(23-19-15-12-10-8-6-4-2)24-20-16-13-17-21-25(27)28;/h3-24H2,1-2H3,(H,27,28);/q;+1/p-1. The van der Waals surface area contributed by atoms with Gasteiger partial charge in [-0.1, -0.05) is 104 Å². The summed E-state index contributed by atoms with van der Waals surface area (Å²) in [6, 6.07) is 0. The van der Waals surface area contributed by atoms with Gasteiger partial charge >= 0.3 is 29.6 Å². The van der Waals surface area contributed by atoms with E-state index in [2.05, 4.69) is 18.7 Å². The molecule has 0 aromatic carbocycles. The zero-order valence-corrected chi connectivity index (χ0v) is 22.3. The fourth-order valence-corrected chi connectivity index (χ4v) is 3.88. The van der Waals surface area contributed by atoms with Crippen LogP contribution in [0, 0.1) is 0 Å². The summed E-state index contributed by atoms with van der Waals surface area (Å²) >= 11 is 0. The van der Waals surface area contributed by atoms with E-state index < -0.39 is 5.97 Å². The molecule has 0 fully saturated rings. The molecule has 0 radical (unpaired) electrons. The van der Waals surface area contributed by atoms with Crippen LogP contribution in [-0.4, -0.2) is 30.5 Å². The third-order valence-electron chi connectivity index (χ3n) is 5.76. The molecule has 0 saturated heterocycles. The fraction of sp³-hybridized carbons (Fsp3) is 0.960. The van der Waals surface area contributed by atoms with Crippen LogP contribution in [0.3, 0.4) is 0 Å². The molecule has 0 bridgehead atoms. The maximum Gasteiger partial charge on any atom is 1.00 e. The summed E-state index contributed by atoms with van der Waals surface area (Å²) in [5, 5.41) is 10.5. The zero-order valence-electron chi connectivity index (χ0n) is 20.3. The Kier molecular flexibility index (Phi) is 28.9. The van der Waals surface area contributed by atoms with Crippen molar-refractivity contribution >= 4 is 5.97 Å². The van der Waals surface area contributed by atoms with Crippen LogP contribution < -0.4 is 34.7 Å². The summed E-state index contributed by atoms with van der Waals surface area (Å²) in [4.78, 5) is 13.2. The fourth-order valence-electron chi connectivity index (χ4n) is 3.88. The Morgan fingerprint density at radius 3 is 1.21 bits per heavy atom. The minimum absolute atomic E-state index is 0. The van der Waals surface area contributed by atoms with Crippen LogP contribution in [0.1, 0.15) is 136 Å². The third-order valence-corrected chi connectivity index (χ3v) is 5.76. The Morgan fingerprint density at radius 1 is 0.552 bits per heavy atom. The summed E-state index contributed by atoms with van der Waals surface area (Å²) in [6.07, 6.45) is 23.7. The zero-order chi connectivity index (χ0) is 20.7. The Labute approximate surface area is 205 Å². The maximum atomic E-state index is 10.5. The van der Waals surface area contributed by atoms with Gasteiger partial charge in [0, 0.05) is 5.97 Å². The van der Waals surface area contributed by atoms with Crippen LogP contribution in [-0.2, 0) is 4.79 Å². The van der Waals surface area contributed by atoms with Crippen molar-refractivity contribution < 1.29 is 39.5 Å². The van der Waals surface area contributed by atoms with Gasteiger partial charge in [0.2, 0.25) is 0 Å². The number of rotatable bonds is 23. The second-order valence-electron chi connectivity index (χ2n) is 8.62. The molecule has 0 saturated carbocycles. The van der Waals surface area contributed by atoms with E-state index in [1.54, 1.807) is 0 Å². The average molecular weight is 420 g/mol. The van der Waals surface area contributed by atoms with E-state index in [1.165, 1.54) is 116 Å². The molecule has 0 aromatic rings. The number of hydrogen-bond donors (Lipinski definition) is 0. The van der Waals surface area contributed by atoms with Crippen LogP contribution in [0.15, 0.2) is 0 Å². The molecular weight excluding hydrogens is 369 g/mol. The van der Waals surface area contributed by atoms with E-state index in [4.69, 9.17) is 0 Å². The monoisotopic (exact) mass is 419 g/mol. The maximum absolute atomic E-state index is 10.5. The van der Waals surface area contributed by atoms with Crippen molar-refractivity contribution in [1.82, 2.24) is 4.90 Å². The van der Waals surface area contributed by atoms with Gasteiger partial charge in [-0.3, -0.25) is 0 Å². The van der Waals surface area contributed by atoms with Gasteiger partial charge in [0.15, 0.2) is 0 Å². The predicted molar refractivity (Wildman–Crippen MR) is 121 cm³/mol. The van der Waals surface area contributed by atoms with E-state index in [0.717, 1.165) is 19.3 Å². The molecule has 0 amide bonds. The van der Waals surface area contributed by atoms with E-state index in [9.17, 15) is 9.90 Å². The number of carboxylic acid groups (broad SMARTS) is 1. The number of carbonyl (C=O) groups is 1. The molecule has 0 aromatic heterocycles. The van der Waals surface area contributed by atoms with Crippen LogP contribution in [0.4, 0.5) is 0 Å². The van der Waals surface area contributed by atoms with Gasteiger partial charge in [-0.2, -0.15) is 0 Å². The SMILES string of the molecule is CCCCCCCCCN(CCCCCCCCC)CCCCCCC(=O)[O-].[Na+]. The molecule has 0 aliphatic heterocycles. The third kappa shape index (κ3) is 26.4. The Bertz CT molecular complexity index is 308. The van der Waals surface area contributed by atoms with Crippen molar-refractivity contribution in [3.63, 3.8) is 0 Å². The minimum atomic E-state index is -0.903. The molecule has 168 valence electrons. The van der Waals surface area contributed by atoms with Crippen molar-refractivity contribution in [2.45, 2.75) is 136 Å².